The van der Waals surface area contributed by atoms with Crippen molar-refractivity contribution in [3.05, 3.63) is 42.2 Å². The molecule has 0 aliphatic rings. The van der Waals surface area contributed by atoms with E-state index in [9.17, 15) is 4.39 Å². The Bertz CT molecular complexity index is 749. The number of nitrogens with one attached hydrogen (secondary N) is 1. The highest BCUT2D eigenvalue weighted by Crippen LogP contribution is 2.31. The van der Waals surface area contributed by atoms with Crippen LogP contribution in [0, 0.1) is 5.82 Å². The Morgan fingerprint density at radius 2 is 2.00 bits per heavy atom. The fourth-order valence-corrected chi connectivity index (χ4v) is 2.33. The van der Waals surface area contributed by atoms with Crippen molar-refractivity contribution in [3.8, 4) is 5.75 Å². The molecule has 4 heteroatoms. The summed E-state index contributed by atoms with van der Waals surface area (Å²) in [6.07, 6.45) is 0. The summed E-state index contributed by atoms with van der Waals surface area (Å²) in [7, 11) is 4.02. The van der Waals surface area contributed by atoms with Crippen LogP contribution in [0.3, 0.4) is 0 Å². The number of rotatable bonds is 4. The maximum atomic E-state index is 13.4. The molecule has 0 fully saturated rings. The molecule has 0 bridgehead atoms. The second-order valence-corrected chi connectivity index (χ2v) is 5.15. The summed E-state index contributed by atoms with van der Waals surface area (Å²) in [5.41, 5.74) is 1.84. The summed E-state index contributed by atoms with van der Waals surface area (Å²) >= 11 is 0. The lowest BCUT2D eigenvalue weighted by Gasteiger charge is -2.11. The van der Waals surface area contributed by atoms with Crippen molar-refractivity contribution in [1.82, 2.24) is 9.88 Å². The molecule has 1 heterocycles. The Kier molecular flexibility index (Phi) is 3.32. The number of fused-ring (bicyclic) bond motifs is 3. The molecule has 1 aromatic heterocycles. The van der Waals surface area contributed by atoms with E-state index in [1.54, 1.807) is 12.1 Å². The van der Waals surface area contributed by atoms with Crippen LogP contribution in [0.25, 0.3) is 21.8 Å². The number of aromatic amines is 1. The molecule has 0 spiro atoms. The van der Waals surface area contributed by atoms with Gasteiger partial charge in [0, 0.05) is 22.8 Å². The number of halogens is 1. The summed E-state index contributed by atoms with van der Waals surface area (Å²) in [5, 5.41) is 1.87. The van der Waals surface area contributed by atoms with E-state index in [0.717, 1.165) is 34.1 Å². The van der Waals surface area contributed by atoms with Crippen LogP contribution in [0.2, 0.25) is 0 Å². The number of nitrogens with zero attached hydrogens (tertiary/aromatic N) is 1. The van der Waals surface area contributed by atoms with Gasteiger partial charge in [-0.05, 0) is 38.4 Å². The van der Waals surface area contributed by atoms with E-state index in [0.29, 0.717) is 6.61 Å². The Morgan fingerprint density at radius 3 is 2.80 bits per heavy atom. The first-order valence-electron chi connectivity index (χ1n) is 6.62. The second kappa shape index (κ2) is 5.13. The highest BCUT2D eigenvalue weighted by atomic mass is 19.1. The first-order valence-corrected chi connectivity index (χ1v) is 6.62. The third-order valence-corrected chi connectivity index (χ3v) is 3.35. The van der Waals surface area contributed by atoms with Crippen molar-refractivity contribution >= 4 is 21.8 Å². The Labute approximate surface area is 117 Å². The molecule has 0 aliphatic heterocycles. The molecule has 0 aliphatic carbocycles. The fraction of sp³-hybridized carbons (Fsp3) is 0.250. The molecule has 3 aromatic rings. The van der Waals surface area contributed by atoms with Gasteiger partial charge in [0.25, 0.3) is 0 Å². The Morgan fingerprint density at radius 1 is 1.15 bits per heavy atom. The van der Waals surface area contributed by atoms with Gasteiger partial charge in [0.05, 0.1) is 5.52 Å². The minimum atomic E-state index is -0.225. The Hall–Kier alpha value is -2.07. The van der Waals surface area contributed by atoms with Gasteiger partial charge < -0.3 is 14.6 Å². The van der Waals surface area contributed by atoms with Crippen LogP contribution < -0.4 is 4.74 Å². The van der Waals surface area contributed by atoms with Gasteiger partial charge in [-0.2, -0.15) is 0 Å². The number of hydrogen-bond donors (Lipinski definition) is 1. The minimum absolute atomic E-state index is 0.225. The van der Waals surface area contributed by atoms with Gasteiger partial charge in [-0.3, -0.25) is 0 Å². The number of para-hydroxylation sites is 1. The van der Waals surface area contributed by atoms with E-state index in [4.69, 9.17) is 4.74 Å². The maximum absolute atomic E-state index is 13.4. The molecule has 2 aromatic carbocycles. The molecule has 0 radical (unpaired) electrons. The van der Waals surface area contributed by atoms with Crippen LogP contribution in [0.5, 0.6) is 5.75 Å². The van der Waals surface area contributed by atoms with Gasteiger partial charge in [-0.15, -0.1) is 0 Å². The normalized spacial score (nSPS) is 11.6. The largest absolute Gasteiger partial charge is 0.490 e. The van der Waals surface area contributed by atoms with Crippen LogP contribution >= 0.6 is 0 Å². The van der Waals surface area contributed by atoms with Crippen LogP contribution in [-0.4, -0.2) is 37.1 Å². The average Bonchev–Trinajstić information content (AvgIpc) is 2.77. The van der Waals surface area contributed by atoms with Crippen molar-refractivity contribution < 1.29 is 9.13 Å². The molecular weight excluding hydrogens is 255 g/mol. The lowest BCUT2D eigenvalue weighted by atomic mass is 10.1. The van der Waals surface area contributed by atoms with Gasteiger partial charge >= 0.3 is 0 Å². The molecule has 0 saturated carbocycles. The molecule has 104 valence electrons. The van der Waals surface area contributed by atoms with Gasteiger partial charge in [-0.25, -0.2) is 4.39 Å². The number of H-pyrrole nitrogens is 1. The highest BCUT2D eigenvalue weighted by molar-refractivity contribution is 6.09. The van der Waals surface area contributed by atoms with Gasteiger partial charge in [0.1, 0.15) is 18.2 Å². The molecule has 1 N–H and O–H groups in total. The number of hydrogen-bond acceptors (Lipinski definition) is 2. The van der Waals surface area contributed by atoms with E-state index in [1.165, 1.54) is 6.07 Å². The van der Waals surface area contributed by atoms with E-state index in [-0.39, 0.29) is 5.82 Å². The van der Waals surface area contributed by atoms with Crippen LogP contribution in [0.15, 0.2) is 36.4 Å². The van der Waals surface area contributed by atoms with Crippen LogP contribution in [0.1, 0.15) is 0 Å². The van der Waals surface area contributed by atoms with Gasteiger partial charge in [-0.1, -0.05) is 12.1 Å². The molecule has 20 heavy (non-hydrogen) atoms. The number of aromatic nitrogens is 1. The fourth-order valence-electron chi connectivity index (χ4n) is 2.33. The average molecular weight is 272 g/mol. The summed E-state index contributed by atoms with van der Waals surface area (Å²) in [6.45, 7) is 1.47. The zero-order valence-electron chi connectivity index (χ0n) is 11.6. The minimum Gasteiger partial charge on any atom is -0.490 e. The monoisotopic (exact) mass is 272 g/mol. The van der Waals surface area contributed by atoms with E-state index in [2.05, 4.69) is 9.88 Å². The van der Waals surface area contributed by atoms with Crippen LogP contribution in [-0.2, 0) is 0 Å². The summed E-state index contributed by atoms with van der Waals surface area (Å²) in [5.74, 6) is 0.582. The van der Waals surface area contributed by atoms with E-state index in [1.807, 2.05) is 32.3 Å². The number of ether oxygens (including phenoxy) is 1. The smallest absolute Gasteiger partial charge is 0.143 e. The molecule has 3 nitrogen and oxygen atoms in total. The van der Waals surface area contributed by atoms with Crippen LogP contribution in [0.4, 0.5) is 4.39 Å². The zero-order valence-corrected chi connectivity index (χ0v) is 11.6. The first kappa shape index (κ1) is 12.9. The lowest BCUT2D eigenvalue weighted by Crippen LogP contribution is -2.19. The molecule has 0 unspecified atom stereocenters. The van der Waals surface area contributed by atoms with Gasteiger partial charge in [0.15, 0.2) is 0 Å². The predicted molar refractivity (Wildman–Crippen MR) is 79.8 cm³/mol. The summed E-state index contributed by atoms with van der Waals surface area (Å²) < 4.78 is 19.2. The third kappa shape index (κ3) is 2.34. The highest BCUT2D eigenvalue weighted by Gasteiger charge is 2.09. The van der Waals surface area contributed by atoms with Crippen molar-refractivity contribution in [1.29, 1.82) is 0 Å². The summed E-state index contributed by atoms with van der Waals surface area (Å²) in [6, 6.07) is 10.6. The zero-order chi connectivity index (χ0) is 14.1. The summed E-state index contributed by atoms with van der Waals surface area (Å²) in [4.78, 5) is 5.38. The molecule has 3 rings (SSSR count). The second-order valence-electron chi connectivity index (χ2n) is 5.15. The number of benzene rings is 2. The third-order valence-electron chi connectivity index (χ3n) is 3.35. The van der Waals surface area contributed by atoms with Crippen molar-refractivity contribution in [3.63, 3.8) is 0 Å². The SMILES string of the molecule is CN(C)CCOc1cccc2c1[nH]c1ccc(F)cc12. The van der Waals surface area contributed by atoms with Gasteiger partial charge in [0.2, 0.25) is 0 Å². The van der Waals surface area contributed by atoms with E-state index < -0.39 is 0 Å². The Balaban J connectivity index is 2.03. The van der Waals surface area contributed by atoms with E-state index >= 15 is 0 Å². The maximum Gasteiger partial charge on any atom is 0.143 e. The van der Waals surface area contributed by atoms with Crippen molar-refractivity contribution in [2.75, 3.05) is 27.2 Å². The molecule has 0 atom stereocenters. The standard InChI is InChI=1S/C16H17FN2O/c1-19(2)8-9-20-15-5-3-4-12-13-10-11(17)6-7-14(13)18-16(12)15/h3-7,10,18H,8-9H2,1-2H3. The van der Waals surface area contributed by atoms with Crippen molar-refractivity contribution in [2.45, 2.75) is 0 Å². The molecular formula is C16H17FN2O. The van der Waals surface area contributed by atoms with Crippen molar-refractivity contribution in [2.24, 2.45) is 0 Å². The quantitative estimate of drug-likeness (QED) is 0.788. The lowest BCUT2D eigenvalue weighted by molar-refractivity contribution is 0.263. The topological polar surface area (TPSA) is 28.3 Å². The number of likely N-dealkylation sites (N-methyl/N-ethyl adjacent to an activating group) is 1. The first-order chi connectivity index (χ1) is 9.65. The molecule has 0 saturated heterocycles. The predicted octanol–water partition coefficient (Wildman–Crippen LogP) is 3.40. The molecule has 0 amide bonds.